The van der Waals surface area contributed by atoms with E-state index in [9.17, 15) is 0 Å². The summed E-state index contributed by atoms with van der Waals surface area (Å²) in [6.45, 7) is 0. The third-order valence-electron chi connectivity index (χ3n) is 5.00. The van der Waals surface area contributed by atoms with E-state index < -0.39 is 0 Å². The number of hydrogen-bond donors (Lipinski definition) is 0. The normalized spacial score (nSPS) is 11.6. The van der Waals surface area contributed by atoms with Crippen LogP contribution in [0.15, 0.2) is 85.3 Å². The maximum absolute atomic E-state index is 4.73. The number of thiazole rings is 1. The summed E-state index contributed by atoms with van der Waals surface area (Å²) >= 11 is 1.67. The highest BCUT2D eigenvalue weighted by Crippen LogP contribution is 2.33. The van der Waals surface area contributed by atoms with Gasteiger partial charge in [-0.3, -0.25) is 9.55 Å². The summed E-state index contributed by atoms with van der Waals surface area (Å²) in [4.78, 5) is 13.6. The summed E-state index contributed by atoms with van der Waals surface area (Å²) in [5, 5.41) is 3.39. The number of para-hydroxylation sites is 1. The minimum absolute atomic E-state index is 0.975. The van der Waals surface area contributed by atoms with Crippen LogP contribution in [0.2, 0.25) is 0 Å². The van der Waals surface area contributed by atoms with Gasteiger partial charge in [-0.2, -0.15) is 0 Å². The maximum atomic E-state index is 4.73. The van der Waals surface area contributed by atoms with Crippen molar-refractivity contribution < 1.29 is 0 Å². The van der Waals surface area contributed by atoms with Crippen molar-refractivity contribution in [3.8, 4) is 16.3 Å². The van der Waals surface area contributed by atoms with Crippen molar-refractivity contribution >= 4 is 43.5 Å². The Labute approximate surface area is 164 Å². The first-order valence-corrected chi connectivity index (χ1v) is 9.86. The van der Waals surface area contributed by atoms with Gasteiger partial charge in [-0.05, 0) is 48.5 Å². The summed E-state index contributed by atoms with van der Waals surface area (Å²) in [5.41, 5.74) is 5.33. The minimum Gasteiger partial charge on any atom is -0.294 e. The molecule has 0 aliphatic carbocycles. The third-order valence-corrected chi connectivity index (χ3v) is 6.05. The maximum Gasteiger partial charge on any atom is 0.145 e. The van der Waals surface area contributed by atoms with Crippen molar-refractivity contribution in [2.45, 2.75) is 0 Å². The predicted octanol–water partition coefficient (Wildman–Crippen LogP) is 5.85. The monoisotopic (exact) mass is 378 g/mol. The van der Waals surface area contributed by atoms with Crippen molar-refractivity contribution in [1.82, 2.24) is 19.5 Å². The van der Waals surface area contributed by atoms with Crippen LogP contribution in [-0.4, -0.2) is 19.5 Å². The van der Waals surface area contributed by atoms with Crippen molar-refractivity contribution in [3.63, 3.8) is 0 Å². The molecule has 0 aliphatic heterocycles. The summed E-state index contributed by atoms with van der Waals surface area (Å²) in [6.07, 6.45) is 5.50. The zero-order chi connectivity index (χ0) is 18.5. The molecule has 0 radical (unpaired) electrons. The molecule has 28 heavy (non-hydrogen) atoms. The zero-order valence-electron chi connectivity index (χ0n) is 14.8. The molecule has 5 heteroatoms. The van der Waals surface area contributed by atoms with Crippen LogP contribution in [0.25, 0.3) is 48.4 Å². The second kappa shape index (κ2) is 5.97. The topological polar surface area (TPSA) is 43.6 Å². The predicted molar refractivity (Wildman–Crippen MR) is 115 cm³/mol. The van der Waals surface area contributed by atoms with E-state index in [0.717, 1.165) is 37.6 Å². The van der Waals surface area contributed by atoms with Gasteiger partial charge >= 0.3 is 0 Å². The average Bonchev–Trinajstić information content (AvgIpc) is 3.33. The molecular weight excluding hydrogens is 364 g/mol. The molecule has 6 aromatic rings. The molecule has 4 aromatic heterocycles. The molecule has 0 bridgehead atoms. The molecule has 6 rings (SSSR count). The molecule has 0 fully saturated rings. The standard InChI is InChI=1S/C23H14N4S/c1-2-6-20-17(4-1)18-5-3-12-25-22(18)27(20)16-9-7-15(8-10-16)23-26-19-11-13-24-14-21(19)28-23/h1-14H. The van der Waals surface area contributed by atoms with Gasteiger partial charge in [0.05, 0.1) is 15.7 Å². The Morgan fingerprint density at radius 1 is 0.786 bits per heavy atom. The van der Waals surface area contributed by atoms with Crippen LogP contribution in [0, 0.1) is 0 Å². The first kappa shape index (κ1) is 15.5. The van der Waals surface area contributed by atoms with E-state index >= 15 is 0 Å². The minimum atomic E-state index is 0.975. The Morgan fingerprint density at radius 2 is 1.64 bits per heavy atom. The van der Waals surface area contributed by atoms with Crippen LogP contribution in [0.4, 0.5) is 0 Å². The molecular formula is C23H14N4S. The lowest BCUT2D eigenvalue weighted by Crippen LogP contribution is -1.95. The number of benzene rings is 2. The van der Waals surface area contributed by atoms with E-state index in [4.69, 9.17) is 4.98 Å². The Bertz CT molecular complexity index is 1370. The van der Waals surface area contributed by atoms with Gasteiger partial charge in [0.15, 0.2) is 0 Å². The van der Waals surface area contributed by atoms with Crippen molar-refractivity contribution in [2.24, 2.45) is 0 Å². The fraction of sp³-hybridized carbons (Fsp3) is 0. The summed E-state index contributed by atoms with van der Waals surface area (Å²) in [7, 11) is 0. The van der Waals surface area contributed by atoms with Crippen LogP contribution >= 0.6 is 11.3 Å². The largest absolute Gasteiger partial charge is 0.294 e. The lowest BCUT2D eigenvalue weighted by atomic mass is 10.2. The van der Waals surface area contributed by atoms with Gasteiger partial charge in [-0.15, -0.1) is 11.3 Å². The van der Waals surface area contributed by atoms with E-state index in [2.05, 4.69) is 69.1 Å². The highest BCUT2D eigenvalue weighted by atomic mass is 32.1. The van der Waals surface area contributed by atoms with E-state index in [1.165, 1.54) is 10.8 Å². The van der Waals surface area contributed by atoms with Crippen LogP contribution < -0.4 is 0 Å². The molecule has 0 spiro atoms. The molecule has 0 unspecified atom stereocenters. The molecule has 132 valence electrons. The van der Waals surface area contributed by atoms with Gasteiger partial charge in [0.2, 0.25) is 0 Å². The first-order valence-electron chi connectivity index (χ1n) is 9.04. The fourth-order valence-electron chi connectivity index (χ4n) is 3.71. The van der Waals surface area contributed by atoms with Crippen molar-refractivity contribution in [3.05, 3.63) is 85.3 Å². The quantitative estimate of drug-likeness (QED) is 0.379. The van der Waals surface area contributed by atoms with Crippen LogP contribution in [-0.2, 0) is 0 Å². The van der Waals surface area contributed by atoms with Gasteiger partial charge in [0.1, 0.15) is 10.7 Å². The van der Waals surface area contributed by atoms with E-state index in [1.54, 1.807) is 17.5 Å². The van der Waals surface area contributed by atoms with Gasteiger partial charge < -0.3 is 0 Å². The van der Waals surface area contributed by atoms with Crippen molar-refractivity contribution in [1.29, 1.82) is 0 Å². The molecule has 4 heterocycles. The molecule has 2 aromatic carbocycles. The lowest BCUT2D eigenvalue weighted by Gasteiger charge is -2.07. The number of fused-ring (bicyclic) bond motifs is 4. The molecule has 4 nitrogen and oxygen atoms in total. The molecule has 0 atom stereocenters. The van der Waals surface area contributed by atoms with Crippen molar-refractivity contribution in [2.75, 3.05) is 0 Å². The van der Waals surface area contributed by atoms with Crippen LogP contribution in [0.3, 0.4) is 0 Å². The second-order valence-corrected chi connectivity index (χ2v) is 7.67. The van der Waals surface area contributed by atoms with E-state index in [0.29, 0.717) is 0 Å². The summed E-state index contributed by atoms with van der Waals surface area (Å²) < 4.78 is 3.32. The van der Waals surface area contributed by atoms with Gasteiger partial charge in [-0.25, -0.2) is 9.97 Å². The Kier molecular flexibility index (Phi) is 3.30. The zero-order valence-corrected chi connectivity index (χ0v) is 15.6. The molecule has 0 aliphatic rings. The van der Waals surface area contributed by atoms with E-state index in [-0.39, 0.29) is 0 Å². The smallest absolute Gasteiger partial charge is 0.145 e. The number of pyridine rings is 2. The van der Waals surface area contributed by atoms with Crippen LogP contribution in [0.5, 0.6) is 0 Å². The first-order chi connectivity index (χ1) is 13.9. The third kappa shape index (κ3) is 2.27. The number of nitrogens with zero attached hydrogens (tertiary/aromatic N) is 4. The Balaban J connectivity index is 1.52. The van der Waals surface area contributed by atoms with Crippen LogP contribution in [0.1, 0.15) is 0 Å². The highest BCUT2D eigenvalue weighted by Gasteiger charge is 2.13. The molecule has 0 saturated heterocycles. The summed E-state index contributed by atoms with van der Waals surface area (Å²) in [5.74, 6) is 0. The van der Waals surface area contributed by atoms with Gasteiger partial charge in [0, 0.05) is 40.6 Å². The Hall–Kier alpha value is -3.57. The average molecular weight is 378 g/mol. The Morgan fingerprint density at radius 3 is 2.54 bits per heavy atom. The van der Waals surface area contributed by atoms with E-state index in [1.807, 2.05) is 24.5 Å². The SMILES string of the molecule is c1ccc2c(c1)c1cccnc1n2-c1ccc(-c2nc3ccncc3s2)cc1. The second-order valence-electron chi connectivity index (χ2n) is 6.64. The van der Waals surface area contributed by atoms with Gasteiger partial charge in [0.25, 0.3) is 0 Å². The van der Waals surface area contributed by atoms with Gasteiger partial charge in [-0.1, -0.05) is 18.2 Å². The fourth-order valence-corrected chi connectivity index (χ4v) is 4.65. The molecule has 0 N–H and O–H groups in total. The highest BCUT2D eigenvalue weighted by molar-refractivity contribution is 7.21. The lowest BCUT2D eigenvalue weighted by molar-refractivity contribution is 1.14. The number of aromatic nitrogens is 4. The summed E-state index contributed by atoms with van der Waals surface area (Å²) in [6, 6.07) is 23.0. The number of hydrogen-bond acceptors (Lipinski definition) is 4. The molecule has 0 saturated carbocycles. The molecule has 0 amide bonds. The number of rotatable bonds is 2.